The number of amides is 1. The number of nitrogens with one attached hydrogen (secondary N) is 3. The third-order valence-electron chi connectivity index (χ3n) is 6.64. The maximum Gasteiger partial charge on any atom is 0.241 e. The SMILES string of the molecule is COc1ccc2[nH]cc(C3CCN(C(C)C(=O)Nc4ccc(S(=O)(=O)NC(C)C)cc4)CC3)c2c1. The van der Waals surface area contributed by atoms with E-state index in [9.17, 15) is 13.2 Å². The third-order valence-corrected chi connectivity index (χ3v) is 8.31. The molecule has 2 aromatic carbocycles. The van der Waals surface area contributed by atoms with Gasteiger partial charge in [0.25, 0.3) is 0 Å². The van der Waals surface area contributed by atoms with Crippen LogP contribution in [-0.2, 0) is 14.8 Å². The van der Waals surface area contributed by atoms with Crippen molar-refractivity contribution in [3.8, 4) is 5.75 Å². The van der Waals surface area contributed by atoms with Crippen molar-refractivity contribution < 1.29 is 17.9 Å². The summed E-state index contributed by atoms with van der Waals surface area (Å²) < 4.78 is 32.5. The lowest BCUT2D eigenvalue weighted by atomic mass is 9.88. The van der Waals surface area contributed by atoms with Crippen LogP contribution in [0.4, 0.5) is 5.69 Å². The molecule has 1 fully saturated rings. The molecule has 35 heavy (non-hydrogen) atoms. The fourth-order valence-corrected chi connectivity index (χ4v) is 5.94. The minimum atomic E-state index is -3.56. The van der Waals surface area contributed by atoms with Crippen molar-refractivity contribution in [2.24, 2.45) is 0 Å². The Morgan fingerprint density at radius 3 is 2.40 bits per heavy atom. The van der Waals surface area contributed by atoms with Crippen LogP contribution in [0.5, 0.6) is 5.75 Å². The zero-order valence-electron chi connectivity index (χ0n) is 20.7. The maximum absolute atomic E-state index is 12.9. The van der Waals surface area contributed by atoms with Crippen LogP contribution in [0.25, 0.3) is 10.9 Å². The third kappa shape index (κ3) is 5.69. The summed E-state index contributed by atoms with van der Waals surface area (Å²) in [5, 5.41) is 4.12. The Hall–Kier alpha value is -2.88. The zero-order valence-corrected chi connectivity index (χ0v) is 21.5. The summed E-state index contributed by atoms with van der Waals surface area (Å²) in [6.45, 7) is 7.11. The van der Waals surface area contributed by atoms with Crippen molar-refractivity contribution in [2.75, 3.05) is 25.5 Å². The van der Waals surface area contributed by atoms with Crippen molar-refractivity contribution in [2.45, 2.75) is 56.5 Å². The average Bonchev–Trinajstić information content (AvgIpc) is 3.26. The van der Waals surface area contributed by atoms with E-state index in [2.05, 4.69) is 32.2 Å². The first-order valence-electron chi connectivity index (χ1n) is 12.0. The Morgan fingerprint density at radius 1 is 1.09 bits per heavy atom. The number of rotatable bonds is 8. The highest BCUT2D eigenvalue weighted by Crippen LogP contribution is 2.35. The van der Waals surface area contributed by atoms with Crippen molar-refractivity contribution in [1.29, 1.82) is 0 Å². The minimum absolute atomic E-state index is 0.101. The van der Waals surface area contributed by atoms with E-state index in [-0.39, 0.29) is 22.9 Å². The topological polar surface area (TPSA) is 104 Å². The molecule has 1 amide bonds. The number of hydrogen-bond donors (Lipinski definition) is 3. The molecule has 2 heterocycles. The van der Waals surface area contributed by atoms with Gasteiger partial charge in [0.1, 0.15) is 5.75 Å². The number of anilines is 1. The number of ether oxygens (including phenoxy) is 1. The van der Waals surface area contributed by atoms with Gasteiger partial charge in [0.2, 0.25) is 15.9 Å². The van der Waals surface area contributed by atoms with Crippen LogP contribution in [0.15, 0.2) is 53.6 Å². The van der Waals surface area contributed by atoms with Crippen molar-refractivity contribution in [3.05, 3.63) is 54.2 Å². The predicted molar refractivity (Wildman–Crippen MR) is 138 cm³/mol. The molecular weight excluding hydrogens is 464 g/mol. The van der Waals surface area contributed by atoms with Crippen LogP contribution >= 0.6 is 0 Å². The van der Waals surface area contributed by atoms with Crippen molar-refractivity contribution in [3.63, 3.8) is 0 Å². The van der Waals surface area contributed by atoms with E-state index in [1.54, 1.807) is 33.1 Å². The van der Waals surface area contributed by atoms with Gasteiger partial charge < -0.3 is 15.0 Å². The molecule has 3 N–H and O–H groups in total. The van der Waals surface area contributed by atoms with Gasteiger partial charge in [-0.3, -0.25) is 9.69 Å². The molecule has 1 atom stereocenters. The Bertz CT molecular complexity index is 1280. The summed E-state index contributed by atoms with van der Waals surface area (Å²) in [7, 11) is -1.88. The molecule has 8 nitrogen and oxygen atoms in total. The second-order valence-electron chi connectivity index (χ2n) is 9.43. The highest BCUT2D eigenvalue weighted by molar-refractivity contribution is 7.89. The van der Waals surface area contributed by atoms with Gasteiger partial charge in [0.05, 0.1) is 18.0 Å². The summed E-state index contributed by atoms with van der Waals surface area (Å²) >= 11 is 0. The van der Waals surface area contributed by atoms with Gasteiger partial charge in [-0.25, -0.2) is 13.1 Å². The van der Waals surface area contributed by atoms with Crippen LogP contribution in [0.3, 0.4) is 0 Å². The van der Waals surface area contributed by atoms with Gasteiger partial charge in [-0.2, -0.15) is 0 Å². The fourth-order valence-electron chi connectivity index (χ4n) is 4.69. The number of likely N-dealkylation sites (tertiary alicyclic amines) is 1. The van der Waals surface area contributed by atoms with E-state index in [0.717, 1.165) is 37.2 Å². The molecule has 1 saturated heterocycles. The van der Waals surface area contributed by atoms with E-state index in [1.165, 1.54) is 23.1 Å². The number of H-pyrrole nitrogens is 1. The van der Waals surface area contributed by atoms with Crippen LogP contribution < -0.4 is 14.8 Å². The number of hydrogen-bond acceptors (Lipinski definition) is 5. The standard InChI is InChI=1S/C26H34N4O4S/c1-17(2)29-35(32,33)22-8-5-20(6-9-22)28-26(31)18(3)30-13-11-19(12-14-30)24-16-27-25-10-7-21(34-4)15-23(24)25/h5-10,15-19,27,29H,11-14H2,1-4H3,(H,28,31). The van der Waals surface area contributed by atoms with Crippen LogP contribution in [0.1, 0.15) is 45.1 Å². The number of sulfonamides is 1. The van der Waals surface area contributed by atoms with E-state index in [4.69, 9.17) is 4.74 Å². The van der Waals surface area contributed by atoms with E-state index < -0.39 is 10.0 Å². The van der Waals surface area contributed by atoms with Gasteiger partial charge in [-0.15, -0.1) is 0 Å². The highest BCUT2D eigenvalue weighted by atomic mass is 32.2. The lowest BCUT2D eigenvalue weighted by Gasteiger charge is -2.35. The molecular formula is C26H34N4O4S. The van der Waals surface area contributed by atoms with Crippen LogP contribution in [0.2, 0.25) is 0 Å². The maximum atomic E-state index is 12.9. The summed E-state index contributed by atoms with van der Waals surface area (Å²) in [4.78, 5) is 18.6. The highest BCUT2D eigenvalue weighted by Gasteiger charge is 2.28. The normalized spacial score (nSPS) is 16.5. The van der Waals surface area contributed by atoms with Gasteiger partial charge in [-0.05, 0) is 101 Å². The van der Waals surface area contributed by atoms with E-state index in [0.29, 0.717) is 11.6 Å². The Kier molecular flexibility index (Phi) is 7.49. The number of nitrogens with zero attached hydrogens (tertiary/aromatic N) is 1. The van der Waals surface area contributed by atoms with E-state index >= 15 is 0 Å². The molecule has 0 bridgehead atoms. The number of aromatic nitrogens is 1. The smallest absolute Gasteiger partial charge is 0.241 e. The summed E-state index contributed by atoms with van der Waals surface area (Å²) in [6.07, 6.45) is 4.04. The molecule has 4 rings (SSSR count). The predicted octanol–water partition coefficient (Wildman–Crippen LogP) is 4.07. The molecule has 9 heteroatoms. The number of carbonyl (C=O) groups excluding carboxylic acids is 1. The molecule has 0 aliphatic carbocycles. The number of fused-ring (bicyclic) bond motifs is 1. The first-order chi connectivity index (χ1) is 16.7. The van der Waals surface area contributed by atoms with Gasteiger partial charge in [-0.1, -0.05) is 0 Å². The van der Waals surface area contributed by atoms with Gasteiger partial charge >= 0.3 is 0 Å². The zero-order chi connectivity index (χ0) is 25.2. The number of benzene rings is 2. The Morgan fingerprint density at radius 2 is 1.77 bits per heavy atom. The quantitative estimate of drug-likeness (QED) is 0.434. The van der Waals surface area contributed by atoms with Crippen molar-refractivity contribution in [1.82, 2.24) is 14.6 Å². The number of aromatic amines is 1. The summed E-state index contributed by atoms with van der Waals surface area (Å²) in [5.41, 5.74) is 2.99. The molecule has 3 aromatic rings. The van der Waals surface area contributed by atoms with Crippen LogP contribution in [-0.4, -0.2) is 56.5 Å². The minimum Gasteiger partial charge on any atom is -0.497 e. The monoisotopic (exact) mass is 498 g/mol. The number of carbonyl (C=O) groups is 1. The number of methoxy groups -OCH3 is 1. The lowest BCUT2D eigenvalue weighted by molar-refractivity contribution is -0.121. The second-order valence-corrected chi connectivity index (χ2v) is 11.1. The lowest BCUT2D eigenvalue weighted by Crippen LogP contribution is -2.45. The first kappa shape index (κ1) is 25.2. The van der Waals surface area contributed by atoms with Crippen LogP contribution in [0, 0.1) is 0 Å². The largest absolute Gasteiger partial charge is 0.497 e. The number of piperidine rings is 1. The molecule has 1 aliphatic heterocycles. The second kappa shape index (κ2) is 10.4. The average molecular weight is 499 g/mol. The first-order valence-corrected chi connectivity index (χ1v) is 13.5. The Balaban J connectivity index is 1.35. The summed E-state index contributed by atoms with van der Waals surface area (Å²) in [5.74, 6) is 1.18. The molecule has 1 aliphatic rings. The molecule has 0 radical (unpaired) electrons. The Labute approximate surface area is 207 Å². The molecule has 1 aromatic heterocycles. The van der Waals surface area contributed by atoms with Gasteiger partial charge in [0, 0.05) is 28.8 Å². The molecule has 0 spiro atoms. The van der Waals surface area contributed by atoms with E-state index in [1.807, 2.05) is 19.1 Å². The van der Waals surface area contributed by atoms with Crippen molar-refractivity contribution >= 4 is 32.5 Å². The van der Waals surface area contributed by atoms with Gasteiger partial charge in [0.15, 0.2) is 0 Å². The fraction of sp³-hybridized carbons (Fsp3) is 0.423. The molecule has 1 unspecified atom stereocenters. The summed E-state index contributed by atoms with van der Waals surface area (Å²) in [6, 6.07) is 11.9. The molecule has 0 saturated carbocycles. The molecule has 188 valence electrons.